The predicted octanol–water partition coefficient (Wildman–Crippen LogP) is 1.95. The maximum Gasteiger partial charge on any atom is 0.248 e. The Morgan fingerprint density at radius 2 is 1.86 bits per heavy atom. The molecule has 4 heteroatoms. The highest BCUT2D eigenvalue weighted by atomic mass is 19.3. The van der Waals surface area contributed by atoms with Crippen molar-refractivity contribution in [3.63, 3.8) is 0 Å². The minimum absolute atomic E-state index is 0.00234. The van der Waals surface area contributed by atoms with E-state index >= 15 is 0 Å². The van der Waals surface area contributed by atoms with Crippen molar-refractivity contribution in [2.45, 2.75) is 38.0 Å². The second-order valence-corrected chi connectivity index (χ2v) is 4.46. The number of nitrogens with one attached hydrogen (secondary N) is 1. The highest BCUT2D eigenvalue weighted by Crippen LogP contribution is 2.40. The molecular weight excluding hydrogens is 188 g/mol. The number of alkyl halides is 2. The molecule has 0 spiro atoms. The lowest BCUT2D eigenvalue weighted by atomic mass is 9.78. The molecule has 0 radical (unpaired) electrons. The van der Waals surface area contributed by atoms with Crippen molar-refractivity contribution in [3.05, 3.63) is 0 Å². The Balaban J connectivity index is 1.86. The largest absolute Gasteiger partial charge is 0.356 e. The lowest BCUT2D eigenvalue weighted by Gasteiger charge is -2.31. The van der Waals surface area contributed by atoms with Crippen molar-refractivity contribution in [1.29, 1.82) is 0 Å². The zero-order valence-corrected chi connectivity index (χ0v) is 8.06. The number of carbonyl (C=O) groups is 1. The van der Waals surface area contributed by atoms with E-state index in [0.717, 1.165) is 0 Å². The van der Waals surface area contributed by atoms with Gasteiger partial charge in [0.05, 0.1) is 0 Å². The van der Waals surface area contributed by atoms with Crippen LogP contribution in [0.2, 0.25) is 0 Å². The summed E-state index contributed by atoms with van der Waals surface area (Å²) in [5.74, 6) is -1.74. The minimum Gasteiger partial charge on any atom is -0.356 e. The van der Waals surface area contributed by atoms with E-state index in [2.05, 4.69) is 5.32 Å². The maximum absolute atomic E-state index is 12.9. The van der Waals surface area contributed by atoms with Crippen molar-refractivity contribution in [3.8, 4) is 0 Å². The second-order valence-electron chi connectivity index (χ2n) is 4.46. The van der Waals surface area contributed by atoms with Gasteiger partial charge in [-0.25, -0.2) is 8.78 Å². The van der Waals surface area contributed by atoms with E-state index in [9.17, 15) is 13.6 Å². The van der Waals surface area contributed by atoms with E-state index in [4.69, 9.17) is 0 Å². The number of hydrogen-bond acceptors (Lipinski definition) is 1. The number of carbonyl (C=O) groups excluding carboxylic acids is 1. The van der Waals surface area contributed by atoms with Crippen molar-refractivity contribution in [1.82, 2.24) is 5.32 Å². The molecular formula is C10H15F2NO. The summed E-state index contributed by atoms with van der Waals surface area (Å²) in [5.41, 5.74) is 0. The fourth-order valence-electron chi connectivity index (χ4n) is 2.49. The smallest absolute Gasteiger partial charge is 0.248 e. The minimum atomic E-state index is -2.45. The average Bonchev–Trinajstić information content (AvgIpc) is 2.52. The molecule has 2 nitrogen and oxygen atoms in total. The third-order valence-corrected chi connectivity index (χ3v) is 3.44. The van der Waals surface area contributed by atoms with Gasteiger partial charge in [-0.15, -0.1) is 0 Å². The van der Waals surface area contributed by atoms with Gasteiger partial charge in [0.1, 0.15) is 0 Å². The summed E-state index contributed by atoms with van der Waals surface area (Å²) in [4.78, 5) is 11.0. The molecule has 0 aromatic carbocycles. The lowest BCUT2D eigenvalue weighted by molar-refractivity contribution is -0.119. The van der Waals surface area contributed by atoms with Gasteiger partial charge in [0.15, 0.2) is 0 Å². The second kappa shape index (κ2) is 3.48. The van der Waals surface area contributed by atoms with E-state index in [1.54, 1.807) is 0 Å². The number of halogens is 2. The van der Waals surface area contributed by atoms with Crippen LogP contribution in [0.1, 0.15) is 32.1 Å². The average molecular weight is 203 g/mol. The molecule has 0 bridgehead atoms. The molecule has 1 aliphatic carbocycles. The molecule has 1 saturated heterocycles. The van der Waals surface area contributed by atoms with Gasteiger partial charge in [-0.1, -0.05) is 0 Å². The normalized spacial score (nSPS) is 33.0. The third kappa shape index (κ3) is 2.04. The summed E-state index contributed by atoms with van der Waals surface area (Å²) in [7, 11) is 0. The summed E-state index contributed by atoms with van der Waals surface area (Å²) in [6, 6.07) is 0. The molecule has 14 heavy (non-hydrogen) atoms. The van der Waals surface area contributed by atoms with Gasteiger partial charge in [0, 0.05) is 25.8 Å². The molecule has 2 aliphatic rings. The molecule has 80 valence electrons. The first-order valence-corrected chi connectivity index (χ1v) is 5.21. The van der Waals surface area contributed by atoms with Crippen LogP contribution in [0, 0.1) is 11.8 Å². The van der Waals surface area contributed by atoms with Crippen LogP contribution in [0.25, 0.3) is 0 Å². The quantitative estimate of drug-likeness (QED) is 0.693. The number of rotatable bonds is 1. The third-order valence-electron chi connectivity index (χ3n) is 3.44. The molecule has 0 aromatic heterocycles. The first-order chi connectivity index (χ1) is 6.57. The molecule has 0 unspecified atom stereocenters. The van der Waals surface area contributed by atoms with E-state index in [1.807, 2.05) is 0 Å². The predicted molar refractivity (Wildman–Crippen MR) is 48.0 cm³/mol. The summed E-state index contributed by atoms with van der Waals surface area (Å²) >= 11 is 0. The maximum atomic E-state index is 12.9. The van der Waals surface area contributed by atoms with Gasteiger partial charge in [-0.05, 0) is 24.7 Å². The van der Waals surface area contributed by atoms with Crippen molar-refractivity contribution in [2.24, 2.45) is 11.8 Å². The van der Waals surface area contributed by atoms with Crippen LogP contribution in [-0.4, -0.2) is 18.4 Å². The zero-order valence-electron chi connectivity index (χ0n) is 8.06. The highest BCUT2D eigenvalue weighted by Gasteiger charge is 2.39. The van der Waals surface area contributed by atoms with Gasteiger partial charge in [-0.2, -0.15) is 0 Å². The summed E-state index contributed by atoms with van der Waals surface area (Å²) in [6.45, 7) is 0.690. The summed E-state index contributed by atoms with van der Waals surface area (Å²) < 4.78 is 25.7. The van der Waals surface area contributed by atoms with Crippen molar-refractivity contribution < 1.29 is 13.6 Å². The van der Waals surface area contributed by atoms with Gasteiger partial charge >= 0.3 is 0 Å². The lowest BCUT2D eigenvalue weighted by Crippen LogP contribution is -2.29. The monoisotopic (exact) mass is 203 g/mol. The Kier molecular flexibility index (Phi) is 2.45. The number of hydrogen-bond donors (Lipinski definition) is 1. The van der Waals surface area contributed by atoms with Gasteiger partial charge in [-0.3, -0.25) is 4.79 Å². The van der Waals surface area contributed by atoms with Crippen LogP contribution in [0.3, 0.4) is 0 Å². The molecule has 1 heterocycles. The SMILES string of the molecule is O=C1C[C@@H](C2CCC(F)(F)CC2)CN1. The van der Waals surface area contributed by atoms with Gasteiger partial charge in [0.2, 0.25) is 11.8 Å². The van der Waals surface area contributed by atoms with Crippen LogP contribution in [0.4, 0.5) is 8.78 Å². The Hall–Kier alpha value is -0.670. The van der Waals surface area contributed by atoms with E-state index in [1.165, 1.54) is 0 Å². The van der Waals surface area contributed by atoms with Gasteiger partial charge in [0.25, 0.3) is 0 Å². The molecule has 1 amide bonds. The molecule has 2 rings (SSSR count). The fourth-order valence-corrected chi connectivity index (χ4v) is 2.49. The standard InChI is InChI=1S/C10H15F2NO/c11-10(12)3-1-7(2-4-10)8-5-9(14)13-6-8/h7-8H,1-6H2,(H,13,14)/t8-/m1/s1. The van der Waals surface area contributed by atoms with Crippen LogP contribution in [0.5, 0.6) is 0 Å². The molecule has 1 N–H and O–H groups in total. The fraction of sp³-hybridized carbons (Fsp3) is 0.900. The van der Waals surface area contributed by atoms with E-state index < -0.39 is 5.92 Å². The Bertz CT molecular complexity index is 232. The molecule has 1 saturated carbocycles. The van der Waals surface area contributed by atoms with Crippen LogP contribution in [0.15, 0.2) is 0 Å². The Labute approximate surface area is 82.1 Å². The first-order valence-electron chi connectivity index (χ1n) is 5.21. The van der Waals surface area contributed by atoms with Crippen molar-refractivity contribution >= 4 is 5.91 Å². The van der Waals surface area contributed by atoms with E-state index in [-0.39, 0.29) is 18.7 Å². The topological polar surface area (TPSA) is 29.1 Å². The molecule has 1 atom stereocenters. The highest BCUT2D eigenvalue weighted by molar-refractivity contribution is 5.78. The first kappa shape index (κ1) is 9.87. The van der Waals surface area contributed by atoms with Crippen LogP contribution < -0.4 is 5.32 Å². The Morgan fingerprint density at radius 3 is 2.36 bits per heavy atom. The van der Waals surface area contributed by atoms with Crippen LogP contribution in [-0.2, 0) is 4.79 Å². The summed E-state index contributed by atoms with van der Waals surface area (Å²) in [5, 5.41) is 2.76. The Morgan fingerprint density at radius 1 is 1.21 bits per heavy atom. The zero-order chi connectivity index (χ0) is 10.2. The summed E-state index contributed by atoms with van der Waals surface area (Å²) in [6.07, 6.45) is 1.69. The molecule has 0 aromatic rings. The van der Waals surface area contributed by atoms with Gasteiger partial charge < -0.3 is 5.32 Å². The molecule has 1 aliphatic heterocycles. The van der Waals surface area contributed by atoms with Crippen molar-refractivity contribution in [2.75, 3.05) is 6.54 Å². The van der Waals surface area contributed by atoms with Crippen LogP contribution >= 0.6 is 0 Å². The van der Waals surface area contributed by atoms with E-state index in [0.29, 0.717) is 37.6 Å². The number of amides is 1. The molecule has 2 fully saturated rings.